The van der Waals surface area contributed by atoms with E-state index in [1.807, 2.05) is 31.2 Å². The first-order valence-corrected chi connectivity index (χ1v) is 18.0. The van der Waals surface area contributed by atoms with Crippen LogP contribution in [0.5, 0.6) is 5.75 Å². The molecule has 292 valence electrons. The van der Waals surface area contributed by atoms with E-state index in [-0.39, 0.29) is 43.6 Å². The Balaban J connectivity index is 2.25. The van der Waals surface area contributed by atoms with Crippen molar-refractivity contribution in [3.63, 3.8) is 0 Å². The topological polar surface area (TPSA) is 202 Å². The molecule has 2 rings (SSSR count). The third kappa shape index (κ3) is 15.4. The number of amides is 3. The van der Waals surface area contributed by atoms with Gasteiger partial charge in [0.15, 0.2) is 0 Å². The number of carbonyl (C=O) groups excluding carboxylic acids is 5. The molecule has 53 heavy (non-hydrogen) atoms. The number of hydrazine groups is 1. The summed E-state index contributed by atoms with van der Waals surface area (Å²) in [5, 5.41) is 37.3. The minimum absolute atomic E-state index is 0.0220. The second-order valence-corrected chi connectivity index (χ2v) is 14.1. The zero-order valence-corrected chi connectivity index (χ0v) is 31.2. The fourth-order valence-corrected chi connectivity index (χ4v) is 5.96. The van der Waals surface area contributed by atoms with Crippen molar-refractivity contribution in [2.24, 2.45) is 17.8 Å². The van der Waals surface area contributed by atoms with Gasteiger partial charge in [0.1, 0.15) is 41.8 Å². The highest BCUT2D eigenvalue weighted by Gasteiger charge is 2.37. The van der Waals surface area contributed by atoms with Gasteiger partial charge in [-0.25, -0.2) is 9.82 Å². The smallest absolute Gasteiger partial charge is 0.322 e. The van der Waals surface area contributed by atoms with E-state index < -0.39 is 77.2 Å². The van der Waals surface area contributed by atoms with Crippen molar-refractivity contribution in [2.75, 3.05) is 6.54 Å². The Morgan fingerprint density at radius 1 is 1.02 bits per heavy atom. The molecule has 6 N–H and O–H groups in total. The van der Waals surface area contributed by atoms with Gasteiger partial charge < -0.3 is 30.7 Å². The number of ketones is 1. The zero-order valence-electron chi connectivity index (χ0n) is 31.2. The number of aldehydes is 1. The number of hydrogen-bond acceptors (Lipinski definition) is 9. The number of carboxylic acid groups (broad SMARTS) is 1. The number of aromatic hydroxyl groups is 1. The Labute approximate surface area is 310 Å². The van der Waals surface area contributed by atoms with Gasteiger partial charge in [0, 0.05) is 25.5 Å². The summed E-state index contributed by atoms with van der Waals surface area (Å²) in [6, 6.07) is -0.356. The van der Waals surface area contributed by atoms with Gasteiger partial charge in [-0.1, -0.05) is 50.6 Å². The molecule has 0 radical (unpaired) electrons. The number of nitrogens with zero attached hydrogens (tertiary/aromatic N) is 1. The van der Waals surface area contributed by atoms with Crippen LogP contribution in [0.2, 0.25) is 0 Å². The normalized spacial score (nSPS) is 18.0. The zero-order chi connectivity index (χ0) is 39.7. The van der Waals surface area contributed by atoms with Crippen LogP contribution in [0.25, 0.3) is 0 Å². The number of aliphatic carboxylic acids is 1. The van der Waals surface area contributed by atoms with Crippen LogP contribution in [-0.2, 0) is 35.2 Å². The van der Waals surface area contributed by atoms with Crippen LogP contribution in [-0.4, -0.2) is 86.9 Å². The van der Waals surface area contributed by atoms with Crippen molar-refractivity contribution >= 4 is 35.8 Å². The molecule has 0 saturated carbocycles. The molecular formula is C39H55FN4O9. The molecule has 0 aromatic heterocycles. The summed E-state index contributed by atoms with van der Waals surface area (Å²) in [4.78, 5) is 75.5. The Hall–Kier alpha value is -4.69. The van der Waals surface area contributed by atoms with E-state index in [4.69, 9.17) is 0 Å². The molecule has 1 fully saturated rings. The highest BCUT2D eigenvalue weighted by Crippen LogP contribution is 2.23. The molecular weight excluding hydrogens is 687 g/mol. The highest BCUT2D eigenvalue weighted by atomic mass is 19.1. The second kappa shape index (κ2) is 22.4. The monoisotopic (exact) mass is 742 g/mol. The van der Waals surface area contributed by atoms with Crippen LogP contribution in [0.3, 0.4) is 0 Å². The number of Topliss-reactive ketones (excluding diaryl/α,β-unsaturated/α-hetero) is 1. The number of aliphatic hydroxyl groups excluding tert-OH is 1. The molecule has 1 aliphatic heterocycles. The second-order valence-electron chi connectivity index (χ2n) is 14.1. The van der Waals surface area contributed by atoms with E-state index in [9.17, 15) is 48.5 Å². The van der Waals surface area contributed by atoms with Crippen LogP contribution < -0.4 is 16.1 Å². The number of allylic oxidation sites excluding steroid dienone is 6. The molecule has 1 aromatic carbocycles. The molecule has 1 aliphatic rings. The first kappa shape index (κ1) is 44.5. The number of phenols is 1. The van der Waals surface area contributed by atoms with Crippen molar-refractivity contribution in [3.8, 4) is 5.75 Å². The predicted molar refractivity (Wildman–Crippen MR) is 197 cm³/mol. The third-order valence-electron chi connectivity index (χ3n) is 9.08. The summed E-state index contributed by atoms with van der Waals surface area (Å²) in [5.74, 6) is -6.54. The fourth-order valence-electron chi connectivity index (χ4n) is 5.96. The van der Waals surface area contributed by atoms with Crippen molar-refractivity contribution < 1.29 is 48.5 Å². The molecule has 0 bridgehead atoms. The van der Waals surface area contributed by atoms with Crippen LogP contribution in [0.1, 0.15) is 85.1 Å². The molecule has 6 unspecified atom stereocenters. The standard InChI is InChI=1S/C39H55FN4O9/c1-24(2)34(42-36(49)31(16-15-27(5)46)35(48)26(4)13-10-8-6-7-9-12-25(3)17-19-45)37(50)41-33(22-28-20-29(40)23-30(47)21-28)38(51)44-18-11-14-32(43-44)39(52)53/h6-8,10,17,19-21,23-24,26,31-35,43,47-48H,9,11-16,18,22H2,1-5H3,(H,41,50)(H,42,49)(H,52,53)/b7-6+,10-8+,25-17+. The molecule has 3 amide bonds. The van der Waals surface area contributed by atoms with Gasteiger partial charge in [0.2, 0.25) is 11.8 Å². The number of carbonyl (C=O) groups is 6. The average Bonchev–Trinajstić information content (AvgIpc) is 3.08. The summed E-state index contributed by atoms with van der Waals surface area (Å²) < 4.78 is 14.2. The van der Waals surface area contributed by atoms with Crippen LogP contribution >= 0.6 is 0 Å². The number of nitrogens with one attached hydrogen (secondary N) is 3. The van der Waals surface area contributed by atoms with E-state index in [2.05, 4.69) is 16.1 Å². The third-order valence-corrected chi connectivity index (χ3v) is 9.08. The maximum atomic E-state index is 14.2. The quantitative estimate of drug-likeness (QED) is 0.0613. The van der Waals surface area contributed by atoms with Crippen LogP contribution in [0.4, 0.5) is 4.39 Å². The lowest BCUT2D eigenvalue weighted by Crippen LogP contribution is -2.62. The maximum Gasteiger partial charge on any atom is 0.322 e. The summed E-state index contributed by atoms with van der Waals surface area (Å²) in [5.41, 5.74) is 3.82. The molecule has 1 aromatic rings. The lowest BCUT2D eigenvalue weighted by Gasteiger charge is -2.35. The van der Waals surface area contributed by atoms with Crippen LogP contribution in [0.15, 0.2) is 54.2 Å². The van der Waals surface area contributed by atoms with Gasteiger partial charge in [-0.3, -0.25) is 29.0 Å². The minimum Gasteiger partial charge on any atom is -0.508 e. The number of phenolic OH excluding ortho intramolecular Hbond substituents is 1. The molecule has 6 atom stereocenters. The van der Waals surface area contributed by atoms with Gasteiger partial charge >= 0.3 is 5.97 Å². The van der Waals surface area contributed by atoms with E-state index in [1.54, 1.807) is 20.8 Å². The van der Waals surface area contributed by atoms with Gasteiger partial charge in [-0.15, -0.1) is 0 Å². The van der Waals surface area contributed by atoms with Crippen molar-refractivity contribution in [1.29, 1.82) is 0 Å². The van der Waals surface area contributed by atoms with Crippen molar-refractivity contribution in [2.45, 2.75) is 110 Å². The molecule has 0 spiro atoms. The largest absolute Gasteiger partial charge is 0.508 e. The molecule has 0 aliphatic carbocycles. The lowest BCUT2D eigenvalue weighted by molar-refractivity contribution is -0.148. The summed E-state index contributed by atoms with van der Waals surface area (Å²) in [6.45, 7) is 8.54. The highest BCUT2D eigenvalue weighted by molar-refractivity contribution is 5.93. The fraction of sp³-hybridized carbons (Fsp3) is 0.538. The first-order valence-electron chi connectivity index (χ1n) is 18.0. The van der Waals surface area contributed by atoms with Gasteiger partial charge in [-0.2, -0.15) is 0 Å². The predicted octanol–water partition coefficient (Wildman–Crippen LogP) is 3.69. The molecule has 1 saturated heterocycles. The van der Waals surface area contributed by atoms with Crippen LogP contribution in [0, 0.1) is 23.6 Å². The Morgan fingerprint density at radius 3 is 2.34 bits per heavy atom. The van der Waals surface area contributed by atoms with Crippen molar-refractivity contribution in [3.05, 3.63) is 65.5 Å². The van der Waals surface area contributed by atoms with E-state index in [0.717, 1.165) is 41.8 Å². The molecule has 13 nitrogen and oxygen atoms in total. The Bertz CT molecular complexity index is 1510. The van der Waals surface area contributed by atoms with E-state index in [1.165, 1.54) is 19.1 Å². The number of carboxylic acids is 1. The summed E-state index contributed by atoms with van der Waals surface area (Å²) >= 11 is 0. The SMILES string of the molecule is CC(=O)CCC(C(=O)NC(C(=O)NC(Cc1cc(O)cc(F)c1)C(=O)N1CCCC(C(=O)O)N1)C(C)C)C(O)C(C)C/C=C/C=C/CC/C(C)=C/C=O. The first-order chi connectivity index (χ1) is 25.0. The summed E-state index contributed by atoms with van der Waals surface area (Å²) in [6.07, 6.45) is 11.0. The minimum atomic E-state index is -1.35. The molecule has 14 heteroatoms. The van der Waals surface area contributed by atoms with E-state index >= 15 is 0 Å². The number of hydrogen-bond donors (Lipinski definition) is 6. The number of aliphatic hydroxyl groups is 1. The van der Waals surface area contributed by atoms with E-state index in [0.29, 0.717) is 12.8 Å². The maximum absolute atomic E-state index is 14.2. The number of rotatable bonds is 21. The van der Waals surface area contributed by atoms with Gasteiger partial charge in [0.05, 0.1) is 12.0 Å². The Morgan fingerprint density at radius 2 is 1.72 bits per heavy atom. The molecule has 1 heterocycles. The summed E-state index contributed by atoms with van der Waals surface area (Å²) in [7, 11) is 0. The van der Waals surface area contributed by atoms with Gasteiger partial charge in [-0.05, 0) is 88.0 Å². The lowest BCUT2D eigenvalue weighted by atomic mass is 9.85. The Kier molecular flexibility index (Phi) is 18.8. The number of benzene rings is 1. The number of halogens is 1. The van der Waals surface area contributed by atoms with Gasteiger partial charge in [0.25, 0.3) is 5.91 Å². The average molecular weight is 743 g/mol. The van der Waals surface area contributed by atoms with Crippen molar-refractivity contribution in [1.82, 2.24) is 21.1 Å².